The zero-order valence-electron chi connectivity index (χ0n) is 17.3. The summed E-state index contributed by atoms with van der Waals surface area (Å²) in [6, 6.07) is 7.78. The van der Waals surface area contributed by atoms with E-state index < -0.39 is 24.0 Å². The Morgan fingerprint density at radius 3 is 2.57 bits per heavy atom. The van der Waals surface area contributed by atoms with Crippen LogP contribution in [0.2, 0.25) is 0 Å². The molecule has 9 heteroatoms. The van der Waals surface area contributed by atoms with Crippen LogP contribution in [-0.4, -0.2) is 58.9 Å². The molecule has 2 amide bonds. The number of rotatable bonds is 10. The Labute approximate surface area is 176 Å². The number of aliphatic carboxylic acids is 1. The van der Waals surface area contributed by atoms with Crippen LogP contribution in [0.5, 0.6) is 0 Å². The van der Waals surface area contributed by atoms with E-state index in [4.69, 9.17) is 11.5 Å². The third-order valence-electron chi connectivity index (χ3n) is 5.31. The van der Waals surface area contributed by atoms with Crippen LogP contribution in [0.25, 0.3) is 0 Å². The van der Waals surface area contributed by atoms with Gasteiger partial charge in [0.05, 0.1) is 5.92 Å². The fourth-order valence-corrected chi connectivity index (χ4v) is 3.77. The van der Waals surface area contributed by atoms with Gasteiger partial charge in [0, 0.05) is 13.1 Å². The van der Waals surface area contributed by atoms with E-state index in [0.29, 0.717) is 32.2 Å². The fourth-order valence-electron chi connectivity index (χ4n) is 3.77. The lowest BCUT2D eigenvalue weighted by molar-refractivity contribution is -0.144. The van der Waals surface area contributed by atoms with Gasteiger partial charge >= 0.3 is 5.97 Å². The van der Waals surface area contributed by atoms with E-state index in [-0.39, 0.29) is 30.8 Å². The molecule has 0 bridgehead atoms. The zero-order valence-corrected chi connectivity index (χ0v) is 17.3. The van der Waals surface area contributed by atoms with Gasteiger partial charge in [-0.15, -0.1) is 0 Å². The molecule has 0 unspecified atom stereocenters. The van der Waals surface area contributed by atoms with E-state index in [9.17, 15) is 19.5 Å². The number of nitrogens with two attached hydrogens (primary N) is 2. The third-order valence-corrected chi connectivity index (χ3v) is 5.31. The average molecular weight is 418 g/mol. The Balaban J connectivity index is 2.03. The Morgan fingerprint density at radius 1 is 1.27 bits per heavy atom. The highest BCUT2D eigenvalue weighted by molar-refractivity contribution is 5.92. The lowest BCUT2D eigenvalue weighted by Gasteiger charge is -2.29. The molecule has 0 saturated carbocycles. The first-order valence-corrected chi connectivity index (χ1v) is 10.3. The maximum atomic E-state index is 13.2. The third kappa shape index (κ3) is 6.20. The molecule has 1 aliphatic rings. The molecule has 9 nitrogen and oxygen atoms in total. The molecular formula is C21H31N5O4. The molecule has 6 N–H and O–H groups in total. The number of hydrogen-bond acceptors (Lipinski definition) is 4. The highest BCUT2D eigenvalue weighted by Crippen LogP contribution is 2.27. The minimum absolute atomic E-state index is 0.0603. The highest BCUT2D eigenvalue weighted by atomic mass is 16.4. The molecule has 3 atom stereocenters. The van der Waals surface area contributed by atoms with Gasteiger partial charge in [0.1, 0.15) is 12.1 Å². The van der Waals surface area contributed by atoms with Crippen LogP contribution in [0, 0.1) is 0 Å². The molecule has 1 saturated heterocycles. The van der Waals surface area contributed by atoms with Crippen LogP contribution >= 0.6 is 0 Å². The molecular weight excluding hydrogens is 386 g/mol. The van der Waals surface area contributed by atoms with Gasteiger partial charge in [-0.05, 0) is 37.7 Å². The van der Waals surface area contributed by atoms with Crippen LogP contribution < -0.4 is 16.8 Å². The molecule has 1 heterocycles. The lowest BCUT2D eigenvalue weighted by Crippen LogP contribution is -2.51. The monoisotopic (exact) mass is 417 g/mol. The predicted octanol–water partition coefficient (Wildman–Crippen LogP) is 0.794. The first kappa shape index (κ1) is 23.2. The second-order valence-electron chi connectivity index (χ2n) is 7.41. The zero-order chi connectivity index (χ0) is 22.1. The largest absolute Gasteiger partial charge is 0.480 e. The van der Waals surface area contributed by atoms with Crippen molar-refractivity contribution in [3.05, 3.63) is 35.9 Å². The van der Waals surface area contributed by atoms with Crippen molar-refractivity contribution in [1.82, 2.24) is 10.2 Å². The summed E-state index contributed by atoms with van der Waals surface area (Å²) in [6.07, 6.45) is 2.45. The van der Waals surface area contributed by atoms with Crippen LogP contribution in [0.4, 0.5) is 0 Å². The van der Waals surface area contributed by atoms with Gasteiger partial charge in [-0.3, -0.25) is 14.6 Å². The van der Waals surface area contributed by atoms with E-state index in [1.807, 2.05) is 37.3 Å². The number of nitrogens with zero attached hydrogens (tertiary/aromatic N) is 2. The predicted molar refractivity (Wildman–Crippen MR) is 114 cm³/mol. The van der Waals surface area contributed by atoms with Crippen molar-refractivity contribution >= 4 is 23.7 Å². The van der Waals surface area contributed by atoms with Gasteiger partial charge in [-0.25, -0.2) is 4.79 Å². The summed E-state index contributed by atoms with van der Waals surface area (Å²) < 4.78 is 0. The average Bonchev–Trinajstić information content (AvgIpc) is 3.21. The van der Waals surface area contributed by atoms with E-state index in [2.05, 4.69) is 10.3 Å². The highest BCUT2D eigenvalue weighted by Gasteiger charge is 2.38. The van der Waals surface area contributed by atoms with Crippen LogP contribution in [0.1, 0.15) is 50.5 Å². The maximum absolute atomic E-state index is 13.2. The number of carbonyl (C=O) groups is 3. The Morgan fingerprint density at radius 2 is 1.97 bits per heavy atom. The normalized spacial score (nSPS) is 17.8. The summed E-state index contributed by atoms with van der Waals surface area (Å²) >= 11 is 0. The second-order valence-corrected chi connectivity index (χ2v) is 7.41. The first-order valence-electron chi connectivity index (χ1n) is 10.3. The van der Waals surface area contributed by atoms with Crippen molar-refractivity contribution in [3.8, 4) is 0 Å². The van der Waals surface area contributed by atoms with Gasteiger partial charge in [-0.2, -0.15) is 0 Å². The molecule has 2 rings (SSSR count). The summed E-state index contributed by atoms with van der Waals surface area (Å²) in [4.78, 5) is 43.0. The number of benzene rings is 1. The van der Waals surface area contributed by atoms with Crippen molar-refractivity contribution in [1.29, 1.82) is 0 Å². The molecule has 1 aromatic rings. The van der Waals surface area contributed by atoms with Crippen LogP contribution in [-0.2, 0) is 14.4 Å². The molecule has 0 radical (unpaired) electrons. The summed E-state index contributed by atoms with van der Waals surface area (Å²) in [7, 11) is 0. The standard InChI is InChI=1S/C21H31N5O4/c1-2-15(14-8-4-3-5-9-14)19(28)26-13-7-11-17(26)18(27)25-16(20(29)30)10-6-12-24-21(22)23/h3-5,8-9,15-17H,2,6-7,10-13H2,1H3,(H,25,27)(H,29,30)(H4,22,23,24)/t15-,16+,17+/m1/s1. The molecule has 30 heavy (non-hydrogen) atoms. The number of guanidine groups is 1. The first-order chi connectivity index (χ1) is 14.3. The van der Waals surface area contributed by atoms with E-state index in [0.717, 1.165) is 5.56 Å². The lowest BCUT2D eigenvalue weighted by atomic mass is 9.94. The van der Waals surface area contributed by atoms with Crippen molar-refractivity contribution in [2.45, 2.75) is 57.0 Å². The molecule has 0 aromatic heterocycles. The smallest absolute Gasteiger partial charge is 0.326 e. The Bertz CT molecular complexity index is 764. The fraction of sp³-hybridized carbons (Fsp3) is 0.524. The van der Waals surface area contributed by atoms with E-state index >= 15 is 0 Å². The summed E-state index contributed by atoms with van der Waals surface area (Å²) in [5.74, 6) is -2.04. The number of aliphatic imine (C=N–C) groups is 1. The van der Waals surface area contributed by atoms with Gasteiger partial charge < -0.3 is 26.8 Å². The molecule has 164 valence electrons. The number of amides is 2. The molecule has 1 fully saturated rings. The SMILES string of the molecule is CC[C@@H](C(=O)N1CCC[C@H]1C(=O)N[C@@H](CCCN=C(N)N)C(=O)O)c1ccccc1. The summed E-state index contributed by atoms with van der Waals surface area (Å²) in [6.45, 7) is 2.71. The number of carbonyl (C=O) groups excluding carboxylic acids is 2. The van der Waals surface area contributed by atoms with Crippen molar-refractivity contribution in [2.75, 3.05) is 13.1 Å². The molecule has 1 aliphatic heterocycles. The minimum Gasteiger partial charge on any atom is -0.480 e. The molecule has 0 aliphatic carbocycles. The van der Waals surface area contributed by atoms with Crippen molar-refractivity contribution in [3.63, 3.8) is 0 Å². The summed E-state index contributed by atoms with van der Waals surface area (Å²) in [5.41, 5.74) is 11.4. The Kier molecular flexibility index (Phi) is 8.64. The van der Waals surface area contributed by atoms with Crippen molar-refractivity contribution in [2.24, 2.45) is 16.5 Å². The molecule has 1 aromatic carbocycles. The van der Waals surface area contributed by atoms with Gasteiger partial charge in [0.15, 0.2) is 5.96 Å². The Hall–Kier alpha value is -3.10. The summed E-state index contributed by atoms with van der Waals surface area (Å²) in [5, 5.41) is 12.0. The molecule has 0 spiro atoms. The van der Waals surface area contributed by atoms with Crippen LogP contribution in [0.3, 0.4) is 0 Å². The quantitative estimate of drug-likeness (QED) is 0.251. The van der Waals surface area contributed by atoms with E-state index in [1.54, 1.807) is 4.90 Å². The number of nitrogens with one attached hydrogen (secondary N) is 1. The number of carboxylic acid groups (broad SMARTS) is 1. The van der Waals surface area contributed by atoms with Gasteiger partial charge in [0.2, 0.25) is 11.8 Å². The maximum Gasteiger partial charge on any atom is 0.326 e. The van der Waals surface area contributed by atoms with Crippen LogP contribution in [0.15, 0.2) is 35.3 Å². The number of likely N-dealkylation sites (tertiary alicyclic amines) is 1. The topological polar surface area (TPSA) is 151 Å². The number of carboxylic acids is 1. The van der Waals surface area contributed by atoms with Gasteiger partial charge in [0.25, 0.3) is 0 Å². The van der Waals surface area contributed by atoms with Crippen molar-refractivity contribution < 1.29 is 19.5 Å². The minimum atomic E-state index is -1.13. The van der Waals surface area contributed by atoms with Gasteiger partial charge in [-0.1, -0.05) is 37.3 Å². The number of hydrogen-bond donors (Lipinski definition) is 4. The van der Waals surface area contributed by atoms with E-state index in [1.165, 1.54) is 0 Å². The second kappa shape index (κ2) is 11.2.